The third-order valence-electron chi connectivity index (χ3n) is 10.9. The van der Waals surface area contributed by atoms with Gasteiger partial charge in [-0.2, -0.15) is 0 Å². The fraction of sp³-hybridized carbons (Fsp3) is 0.0204. The molecule has 2 aliphatic carbocycles. The molecule has 9 aromatic rings. The zero-order valence-corrected chi connectivity index (χ0v) is 28.9. The van der Waals surface area contributed by atoms with Gasteiger partial charge in [-0.1, -0.05) is 170 Å². The van der Waals surface area contributed by atoms with Crippen LogP contribution in [0.1, 0.15) is 22.3 Å². The van der Waals surface area contributed by atoms with E-state index in [1.165, 1.54) is 65.0 Å². The van der Waals surface area contributed by atoms with Gasteiger partial charge in [0.25, 0.3) is 0 Å². The molecule has 0 bridgehead atoms. The van der Waals surface area contributed by atoms with Gasteiger partial charge in [-0.25, -0.2) is 9.97 Å². The highest BCUT2D eigenvalue weighted by Gasteiger charge is 2.53. The maximum atomic E-state index is 5.39. The second-order valence-corrected chi connectivity index (χ2v) is 14.7. The van der Waals surface area contributed by atoms with Crippen molar-refractivity contribution in [1.29, 1.82) is 0 Å². The molecule has 2 aromatic heterocycles. The van der Waals surface area contributed by atoms with Crippen molar-refractivity contribution in [2.24, 2.45) is 0 Å². The van der Waals surface area contributed by atoms with Gasteiger partial charge in [-0.05, 0) is 67.6 Å². The molecule has 0 aliphatic heterocycles. The van der Waals surface area contributed by atoms with Crippen molar-refractivity contribution in [3.05, 3.63) is 204 Å². The normalized spacial score (nSPS) is 15.0. The molecule has 0 saturated carbocycles. The van der Waals surface area contributed by atoms with Crippen LogP contribution in [0, 0.1) is 0 Å². The van der Waals surface area contributed by atoms with Gasteiger partial charge in [0.05, 0.1) is 16.8 Å². The van der Waals surface area contributed by atoms with E-state index in [0.29, 0.717) is 5.82 Å². The highest BCUT2D eigenvalue weighted by atomic mass is 32.1. The van der Waals surface area contributed by atoms with E-state index >= 15 is 0 Å². The summed E-state index contributed by atoms with van der Waals surface area (Å²) in [6.45, 7) is 0. The standard InChI is InChI=1S/C49H30N2S/c1-3-14-31(15-4-1)32-26-28-34(29-27-32)48-50-42(33-16-5-2-6-17-33)30-43(51-48)37-21-13-24-41-45(37)35-18-7-10-22-39(35)49(41)40-23-11-8-19-36(40)47-46(49)38-20-9-12-25-44(38)52-47/h1-30H/t49-/m0/s1. The van der Waals surface area contributed by atoms with Crippen LogP contribution in [0.2, 0.25) is 0 Å². The molecule has 2 heterocycles. The zero-order valence-electron chi connectivity index (χ0n) is 28.1. The van der Waals surface area contributed by atoms with Crippen molar-refractivity contribution in [2.75, 3.05) is 0 Å². The summed E-state index contributed by atoms with van der Waals surface area (Å²) in [5, 5.41) is 1.33. The first-order valence-electron chi connectivity index (χ1n) is 17.7. The number of hydrogen-bond acceptors (Lipinski definition) is 3. The second-order valence-electron chi connectivity index (χ2n) is 13.6. The van der Waals surface area contributed by atoms with E-state index in [4.69, 9.17) is 9.97 Å². The fourth-order valence-corrected chi connectivity index (χ4v) is 10.1. The summed E-state index contributed by atoms with van der Waals surface area (Å²) in [5.74, 6) is 0.715. The van der Waals surface area contributed by atoms with Crippen LogP contribution in [-0.2, 0) is 5.41 Å². The van der Waals surface area contributed by atoms with Gasteiger partial charge in [0, 0.05) is 26.3 Å². The predicted octanol–water partition coefficient (Wildman–Crippen LogP) is 12.7. The third kappa shape index (κ3) is 4.11. The highest BCUT2D eigenvalue weighted by molar-refractivity contribution is 7.22. The van der Waals surface area contributed by atoms with E-state index in [0.717, 1.165) is 28.1 Å². The minimum absolute atomic E-state index is 0.432. The number of thiophene rings is 1. The Bertz CT molecular complexity index is 2840. The van der Waals surface area contributed by atoms with E-state index in [9.17, 15) is 0 Å². The molecule has 52 heavy (non-hydrogen) atoms. The minimum Gasteiger partial charge on any atom is -0.228 e. The van der Waals surface area contributed by atoms with Crippen LogP contribution in [0.25, 0.3) is 76.7 Å². The van der Waals surface area contributed by atoms with Crippen LogP contribution in [0.4, 0.5) is 0 Å². The number of nitrogens with zero attached hydrogens (tertiary/aromatic N) is 2. The van der Waals surface area contributed by atoms with Crippen molar-refractivity contribution in [1.82, 2.24) is 9.97 Å². The Kier molecular flexibility index (Phi) is 6.37. The lowest BCUT2D eigenvalue weighted by Gasteiger charge is -2.30. The summed E-state index contributed by atoms with van der Waals surface area (Å²) in [6.07, 6.45) is 0. The van der Waals surface area contributed by atoms with Gasteiger partial charge in [0.15, 0.2) is 5.82 Å². The Morgan fingerprint density at radius 1 is 0.404 bits per heavy atom. The molecular formula is C49H30N2S. The first-order valence-corrected chi connectivity index (χ1v) is 18.6. The number of hydrogen-bond donors (Lipinski definition) is 0. The summed E-state index contributed by atoms with van der Waals surface area (Å²) >= 11 is 1.92. The average molecular weight is 679 g/mol. The Balaban J connectivity index is 1.17. The molecule has 0 saturated heterocycles. The van der Waals surface area contributed by atoms with Gasteiger partial charge in [0.1, 0.15) is 0 Å². The molecule has 7 aromatic carbocycles. The van der Waals surface area contributed by atoms with E-state index in [2.05, 4.69) is 182 Å². The van der Waals surface area contributed by atoms with Gasteiger partial charge in [-0.3, -0.25) is 0 Å². The third-order valence-corrected chi connectivity index (χ3v) is 12.1. The Morgan fingerprint density at radius 2 is 0.962 bits per heavy atom. The molecule has 0 radical (unpaired) electrons. The number of benzene rings is 7. The molecule has 0 amide bonds. The largest absolute Gasteiger partial charge is 0.228 e. The van der Waals surface area contributed by atoms with E-state index in [1.54, 1.807) is 0 Å². The lowest BCUT2D eigenvalue weighted by Crippen LogP contribution is -2.25. The van der Waals surface area contributed by atoms with E-state index in [-0.39, 0.29) is 0 Å². The number of rotatable bonds is 4. The lowest BCUT2D eigenvalue weighted by atomic mass is 9.70. The molecule has 2 nitrogen and oxygen atoms in total. The zero-order chi connectivity index (χ0) is 34.2. The molecule has 0 unspecified atom stereocenters. The van der Waals surface area contributed by atoms with Gasteiger partial charge < -0.3 is 0 Å². The molecule has 2 aliphatic rings. The summed E-state index contributed by atoms with van der Waals surface area (Å²) in [5.41, 5.74) is 16.2. The second kappa shape index (κ2) is 11.3. The van der Waals surface area contributed by atoms with Crippen LogP contribution < -0.4 is 0 Å². The monoisotopic (exact) mass is 678 g/mol. The van der Waals surface area contributed by atoms with E-state index in [1.807, 2.05) is 11.3 Å². The topological polar surface area (TPSA) is 25.8 Å². The minimum atomic E-state index is -0.432. The summed E-state index contributed by atoms with van der Waals surface area (Å²) in [7, 11) is 0. The average Bonchev–Trinajstić information content (AvgIpc) is 3.85. The summed E-state index contributed by atoms with van der Waals surface area (Å²) in [4.78, 5) is 11.9. The summed E-state index contributed by atoms with van der Waals surface area (Å²) < 4.78 is 1.33. The quantitative estimate of drug-likeness (QED) is 0.185. The Morgan fingerprint density at radius 3 is 1.75 bits per heavy atom. The van der Waals surface area contributed by atoms with Crippen molar-refractivity contribution >= 4 is 21.4 Å². The van der Waals surface area contributed by atoms with Gasteiger partial charge in [0.2, 0.25) is 0 Å². The lowest BCUT2D eigenvalue weighted by molar-refractivity contribution is 0.803. The Labute approximate surface area is 306 Å². The first kappa shape index (κ1) is 29.3. The molecule has 0 N–H and O–H groups in total. The van der Waals surface area contributed by atoms with Crippen LogP contribution in [-0.4, -0.2) is 9.97 Å². The summed E-state index contributed by atoms with van der Waals surface area (Å²) in [6, 6.07) is 65.6. The highest BCUT2D eigenvalue weighted by Crippen LogP contribution is 2.66. The molecule has 1 spiro atoms. The molecule has 242 valence electrons. The van der Waals surface area contributed by atoms with Crippen LogP contribution in [0.15, 0.2) is 182 Å². The predicted molar refractivity (Wildman–Crippen MR) is 215 cm³/mol. The fourth-order valence-electron chi connectivity index (χ4n) is 8.76. The van der Waals surface area contributed by atoms with Gasteiger partial charge in [-0.15, -0.1) is 11.3 Å². The van der Waals surface area contributed by atoms with Crippen LogP contribution >= 0.6 is 11.3 Å². The molecule has 1 atom stereocenters. The first-order chi connectivity index (χ1) is 25.8. The molecule has 11 rings (SSSR count). The number of aromatic nitrogens is 2. The molecule has 0 fully saturated rings. The smallest absolute Gasteiger partial charge is 0.160 e. The number of fused-ring (bicyclic) bond motifs is 12. The maximum Gasteiger partial charge on any atom is 0.160 e. The van der Waals surface area contributed by atoms with Crippen molar-refractivity contribution in [3.63, 3.8) is 0 Å². The SMILES string of the molecule is c1ccc(-c2ccc(-c3nc(-c4ccccc4)cc(-c4cccc5c4-c4ccccc4[C@]54c5ccccc5-c5sc6ccccc6c54)n3)cc2)cc1. The van der Waals surface area contributed by atoms with Crippen LogP contribution in [0.3, 0.4) is 0 Å². The molecule has 3 heteroatoms. The van der Waals surface area contributed by atoms with Crippen molar-refractivity contribution in [2.45, 2.75) is 5.41 Å². The molecular weight excluding hydrogens is 649 g/mol. The van der Waals surface area contributed by atoms with Gasteiger partial charge >= 0.3 is 0 Å². The maximum absolute atomic E-state index is 5.39. The van der Waals surface area contributed by atoms with Crippen LogP contribution in [0.5, 0.6) is 0 Å². The van der Waals surface area contributed by atoms with Crippen molar-refractivity contribution in [3.8, 4) is 66.6 Å². The Hall–Kier alpha value is -6.42. The van der Waals surface area contributed by atoms with E-state index < -0.39 is 5.41 Å². The van der Waals surface area contributed by atoms with Crippen molar-refractivity contribution < 1.29 is 0 Å².